The van der Waals surface area contributed by atoms with Crippen molar-refractivity contribution in [3.8, 4) is 0 Å². The summed E-state index contributed by atoms with van der Waals surface area (Å²) in [6, 6.07) is 0. The summed E-state index contributed by atoms with van der Waals surface area (Å²) in [6.45, 7) is 3.74. The molecule has 2 aliphatic heterocycles. The Morgan fingerprint density at radius 2 is 1.88 bits per heavy atom. The molecule has 16 heavy (non-hydrogen) atoms. The molecule has 2 heterocycles. The Hall–Kier alpha value is -0.240. The smallest absolute Gasteiger partial charge is 0.185 e. The number of hydrogen-bond donors (Lipinski definition) is 2. The van der Waals surface area contributed by atoms with Crippen LogP contribution in [0.3, 0.4) is 0 Å². The largest absolute Gasteiger partial charge is 0.387 e. The molecule has 6 nitrogen and oxygen atoms in total. The normalized spacial score (nSPS) is 47.4. The number of hydrogen-bond acceptors (Lipinski definition) is 6. The fourth-order valence-electron chi connectivity index (χ4n) is 2.13. The topological polar surface area (TPSA) is 77.4 Å². The maximum absolute atomic E-state index is 9.95. The third kappa shape index (κ3) is 2.09. The second-order valence-electron chi connectivity index (χ2n) is 4.56. The van der Waals surface area contributed by atoms with Gasteiger partial charge in [0.2, 0.25) is 0 Å². The molecular weight excluding hydrogens is 216 g/mol. The zero-order chi connectivity index (χ0) is 11.9. The first-order valence-electron chi connectivity index (χ1n) is 5.31. The van der Waals surface area contributed by atoms with E-state index in [1.165, 1.54) is 7.11 Å². The average Bonchev–Trinajstić information content (AvgIpc) is 2.48. The summed E-state index contributed by atoms with van der Waals surface area (Å²) in [4.78, 5) is 0. The Morgan fingerprint density at radius 1 is 1.19 bits per heavy atom. The van der Waals surface area contributed by atoms with Crippen LogP contribution in [0.2, 0.25) is 0 Å². The Balaban J connectivity index is 2.14. The summed E-state index contributed by atoms with van der Waals surface area (Å²) in [7, 11) is 1.41. The molecule has 6 heteroatoms. The zero-order valence-corrected chi connectivity index (χ0v) is 9.62. The predicted molar refractivity (Wildman–Crippen MR) is 52.6 cm³/mol. The van der Waals surface area contributed by atoms with Crippen molar-refractivity contribution in [2.75, 3.05) is 13.7 Å². The summed E-state index contributed by atoms with van der Waals surface area (Å²) in [5, 5.41) is 19.7. The van der Waals surface area contributed by atoms with E-state index in [9.17, 15) is 10.2 Å². The van der Waals surface area contributed by atoms with Crippen LogP contribution in [0, 0.1) is 0 Å². The van der Waals surface area contributed by atoms with Gasteiger partial charge in [0.25, 0.3) is 0 Å². The highest BCUT2D eigenvalue weighted by atomic mass is 16.8. The van der Waals surface area contributed by atoms with Crippen LogP contribution in [-0.2, 0) is 18.9 Å². The molecule has 2 rings (SSSR count). The molecule has 0 aromatic heterocycles. The fourth-order valence-corrected chi connectivity index (χ4v) is 2.13. The van der Waals surface area contributed by atoms with E-state index in [1.807, 2.05) is 0 Å². The summed E-state index contributed by atoms with van der Waals surface area (Å²) < 4.78 is 21.3. The molecule has 0 unspecified atom stereocenters. The van der Waals surface area contributed by atoms with Gasteiger partial charge in [-0.25, -0.2) is 0 Å². The van der Waals surface area contributed by atoms with Gasteiger partial charge in [-0.15, -0.1) is 0 Å². The first kappa shape index (κ1) is 12.2. The van der Waals surface area contributed by atoms with Gasteiger partial charge in [-0.05, 0) is 13.8 Å². The average molecular weight is 234 g/mol. The number of aliphatic hydroxyl groups is 2. The van der Waals surface area contributed by atoms with Gasteiger partial charge in [0, 0.05) is 7.11 Å². The molecule has 0 saturated carbocycles. The van der Waals surface area contributed by atoms with Crippen molar-refractivity contribution in [3.63, 3.8) is 0 Å². The van der Waals surface area contributed by atoms with Gasteiger partial charge in [0.05, 0.1) is 6.61 Å². The second-order valence-corrected chi connectivity index (χ2v) is 4.56. The van der Waals surface area contributed by atoms with Gasteiger partial charge in [-0.1, -0.05) is 0 Å². The highest BCUT2D eigenvalue weighted by molar-refractivity contribution is 4.93. The van der Waals surface area contributed by atoms with E-state index in [1.54, 1.807) is 13.8 Å². The zero-order valence-electron chi connectivity index (χ0n) is 9.62. The van der Waals surface area contributed by atoms with Crippen molar-refractivity contribution >= 4 is 0 Å². The molecule has 0 aromatic carbocycles. The first-order chi connectivity index (χ1) is 7.44. The van der Waals surface area contributed by atoms with E-state index in [-0.39, 0.29) is 12.7 Å². The van der Waals surface area contributed by atoms with Crippen molar-refractivity contribution in [3.05, 3.63) is 0 Å². The lowest BCUT2D eigenvalue weighted by molar-refractivity contribution is -0.225. The van der Waals surface area contributed by atoms with E-state index in [4.69, 9.17) is 18.9 Å². The number of fused-ring (bicyclic) bond motifs is 1. The molecular formula is C10H18O6. The molecule has 2 aliphatic rings. The Labute approximate surface area is 94.1 Å². The molecule has 2 fully saturated rings. The molecule has 0 bridgehead atoms. The molecule has 0 radical (unpaired) electrons. The van der Waals surface area contributed by atoms with Crippen LogP contribution in [0.25, 0.3) is 0 Å². The lowest BCUT2D eigenvalue weighted by atomic mass is 10.0. The van der Waals surface area contributed by atoms with Gasteiger partial charge >= 0.3 is 0 Å². The number of aliphatic hydroxyl groups excluding tert-OH is 2. The lowest BCUT2D eigenvalue weighted by Crippen LogP contribution is -2.46. The lowest BCUT2D eigenvalue weighted by Gasteiger charge is -2.26. The quantitative estimate of drug-likeness (QED) is 0.620. The highest BCUT2D eigenvalue weighted by Crippen LogP contribution is 2.33. The van der Waals surface area contributed by atoms with Gasteiger partial charge in [0.15, 0.2) is 12.1 Å². The standard InChI is InChI=1S/C10H18O6/c1-10(2)15-5-4-14-9(13-3)7(12)6(11)8(5)16-10/h5-9,11-12H,4H2,1-3H3/t5-,6-,7-,8-,9+/m1/s1. The summed E-state index contributed by atoms with van der Waals surface area (Å²) in [6.07, 6.45) is -4.06. The molecule has 94 valence electrons. The molecule has 0 amide bonds. The Kier molecular flexibility index (Phi) is 3.22. The van der Waals surface area contributed by atoms with Crippen LogP contribution in [0.1, 0.15) is 13.8 Å². The van der Waals surface area contributed by atoms with Crippen molar-refractivity contribution < 1.29 is 29.2 Å². The van der Waals surface area contributed by atoms with Crippen LogP contribution < -0.4 is 0 Å². The van der Waals surface area contributed by atoms with Gasteiger partial charge in [0.1, 0.15) is 24.4 Å². The van der Waals surface area contributed by atoms with Crippen LogP contribution in [0.4, 0.5) is 0 Å². The van der Waals surface area contributed by atoms with Gasteiger partial charge in [-0.2, -0.15) is 0 Å². The van der Waals surface area contributed by atoms with Crippen LogP contribution in [-0.4, -0.2) is 60.4 Å². The van der Waals surface area contributed by atoms with Crippen molar-refractivity contribution in [1.82, 2.24) is 0 Å². The third-order valence-electron chi connectivity index (χ3n) is 2.84. The van der Waals surface area contributed by atoms with E-state index >= 15 is 0 Å². The minimum Gasteiger partial charge on any atom is -0.387 e. The van der Waals surface area contributed by atoms with Gasteiger partial charge < -0.3 is 29.2 Å². The van der Waals surface area contributed by atoms with Crippen molar-refractivity contribution in [2.45, 2.75) is 50.3 Å². The maximum atomic E-state index is 9.95. The Morgan fingerprint density at radius 3 is 2.50 bits per heavy atom. The van der Waals surface area contributed by atoms with E-state index in [2.05, 4.69) is 0 Å². The van der Waals surface area contributed by atoms with Crippen LogP contribution in [0.5, 0.6) is 0 Å². The van der Waals surface area contributed by atoms with E-state index in [0.29, 0.717) is 0 Å². The van der Waals surface area contributed by atoms with Crippen molar-refractivity contribution in [2.24, 2.45) is 0 Å². The molecule has 0 aromatic rings. The monoisotopic (exact) mass is 234 g/mol. The minimum atomic E-state index is -1.14. The second kappa shape index (κ2) is 4.21. The molecule has 2 N–H and O–H groups in total. The number of rotatable bonds is 1. The molecule has 0 spiro atoms. The first-order valence-corrected chi connectivity index (χ1v) is 5.31. The molecule has 2 saturated heterocycles. The van der Waals surface area contributed by atoms with Crippen LogP contribution in [0.15, 0.2) is 0 Å². The Bertz CT molecular complexity index is 256. The molecule has 5 atom stereocenters. The van der Waals surface area contributed by atoms with Crippen LogP contribution >= 0.6 is 0 Å². The minimum absolute atomic E-state index is 0.223. The number of methoxy groups -OCH3 is 1. The summed E-state index contributed by atoms with van der Waals surface area (Å²) >= 11 is 0. The van der Waals surface area contributed by atoms with E-state index < -0.39 is 30.4 Å². The number of ether oxygens (including phenoxy) is 4. The summed E-state index contributed by atoms with van der Waals surface area (Å²) in [5.41, 5.74) is 0. The predicted octanol–water partition coefficient (Wildman–Crippen LogP) is -0.769. The van der Waals surface area contributed by atoms with E-state index in [0.717, 1.165) is 0 Å². The summed E-state index contributed by atoms with van der Waals surface area (Å²) in [5.74, 6) is -0.765. The maximum Gasteiger partial charge on any atom is 0.185 e. The third-order valence-corrected chi connectivity index (χ3v) is 2.84. The van der Waals surface area contributed by atoms with Crippen molar-refractivity contribution in [1.29, 1.82) is 0 Å². The molecule has 0 aliphatic carbocycles. The fraction of sp³-hybridized carbons (Fsp3) is 1.00. The SMILES string of the molecule is CO[C@H]1OC[C@H]2OC(C)(C)O[C@H]2[C@H](O)[C@H]1O. The highest BCUT2D eigenvalue weighted by Gasteiger charge is 2.50. The van der Waals surface area contributed by atoms with Gasteiger partial charge in [-0.3, -0.25) is 0 Å².